The van der Waals surface area contributed by atoms with Gasteiger partial charge in [0.05, 0.1) is 25.4 Å². The zero-order valence-corrected chi connectivity index (χ0v) is 8.74. The molecule has 82 valence electrons. The van der Waals surface area contributed by atoms with E-state index in [4.69, 9.17) is 4.74 Å². The lowest BCUT2D eigenvalue weighted by molar-refractivity contribution is 0.121. The molecule has 2 rings (SSSR count). The monoisotopic (exact) mass is 199 g/mol. The minimum atomic E-state index is -0.293. The van der Waals surface area contributed by atoms with Gasteiger partial charge in [0, 0.05) is 0 Å². The summed E-state index contributed by atoms with van der Waals surface area (Å²) in [6.45, 7) is 2.24. The Balaban J connectivity index is 1.65. The van der Waals surface area contributed by atoms with Gasteiger partial charge in [0.25, 0.3) is 0 Å². The van der Waals surface area contributed by atoms with Crippen LogP contribution in [0.4, 0.5) is 0 Å². The lowest BCUT2D eigenvalue weighted by Crippen LogP contribution is -2.41. The van der Waals surface area contributed by atoms with E-state index in [2.05, 4.69) is 5.32 Å². The van der Waals surface area contributed by atoms with Gasteiger partial charge in [-0.05, 0) is 25.3 Å². The summed E-state index contributed by atoms with van der Waals surface area (Å²) in [4.78, 5) is 0. The molecule has 0 bridgehead atoms. The van der Waals surface area contributed by atoms with E-state index < -0.39 is 0 Å². The van der Waals surface area contributed by atoms with E-state index in [9.17, 15) is 5.11 Å². The Morgan fingerprint density at radius 2 is 1.93 bits per heavy atom. The molecule has 3 heteroatoms. The summed E-state index contributed by atoms with van der Waals surface area (Å²) in [5.74, 6) is 0.830. The lowest BCUT2D eigenvalue weighted by atomic mass is 9.89. The first-order valence-electron chi connectivity index (χ1n) is 5.85. The summed E-state index contributed by atoms with van der Waals surface area (Å²) in [5.41, 5.74) is 0. The average molecular weight is 199 g/mol. The summed E-state index contributed by atoms with van der Waals surface area (Å²) >= 11 is 0. The van der Waals surface area contributed by atoms with Crippen LogP contribution < -0.4 is 5.32 Å². The Hall–Kier alpha value is -0.120. The van der Waals surface area contributed by atoms with E-state index in [0.29, 0.717) is 13.2 Å². The minimum absolute atomic E-state index is 0.178. The molecule has 2 fully saturated rings. The Bertz CT molecular complexity index is 169. The summed E-state index contributed by atoms with van der Waals surface area (Å²) in [5, 5.41) is 13.0. The molecule has 1 saturated heterocycles. The molecule has 0 spiro atoms. The highest BCUT2D eigenvalue weighted by Gasteiger charge is 2.26. The van der Waals surface area contributed by atoms with Crippen LogP contribution in [-0.2, 0) is 4.74 Å². The Morgan fingerprint density at radius 3 is 2.57 bits per heavy atom. The van der Waals surface area contributed by atoms with Crippen molar-refractivity contribution in [3.63, 3.8) is 0 Å². The fourth-order valence-electron chi connectivity index (χ4n) is 2.45. The Kier molecular flexibility index (Phi) is 3.79. The van der Waals surface area contributed by atoms with Crippen LogP contribution in [-0.4, -0.2) is 37.0 Å². The minimum Gasteiger partial charge on any atom is -0.389 e. The maximum atomic E-state index is 9.53. The van der Waals surface area contributed by atoms with E-state index >= 15 is 0 Å². The quantitative estimate of drug-likeness (QED) is 0.710. The fraction of sp³-hybridized carbons (Fsp3) is 1.00. The van der Waals surface area contributed by atoms with Crippen molar-refractivity contribution in [1.29, 1.82) is 0 Å². The van der Waals surface area contributed by atoms with Crippen LogP contribution in [0.15, 0.2) is 0 Å². The van der Waals surface area contributed by atoms with Crippen molar-refractivity contribution < 1.29 is 9.84 Å². The van der Waals surface area contributed by atoms with Crippen LogP contribution in [0.25, 0.3) is 0 Å². The summed E-state index contributed by atoms with van der Waals surface area (Å²) in [7, 11) is 0. The van der Waals surface area contributed by atoms with Crippen molar-refractivity contribution in [2.24, 2.45) is 5.92 Å². The van der Waals surface area contributed by atoms with Gasteiger partial charge in [0.15, 0.2) is 0 Å². The third kappa shape index (κ3) is 2.69. The van der Waals surface area contributed by atoms with E-state index in [1.165, 1.54) is 32.1 Å². The topological polar surface area (TPSA) is 41.5 Å². The molecular weight excluding hydrogens is 178 g/mol. The fourth-order valence-corrected chi connectivity index (χ4v) is 2.45. The van der Waals surface area contributed by atoms with Gasteiger partial charge in [0.2, 0.25) is 0 Å². The van der Waals surface area contributed by atoms with E-state index in [1.54, 1.807) is 0 Å². The highest BCUT2D eigenvalue weighted by molar-refractivity contribution is 4.81. The number of aliphatic hydroxyl groups is 1. The van der Waals surface area contributed by atoms with E-state index in [1.807, 2.05) is 0 Å². The molecular formula is C11H21NO2. The second-order valence-electron chi connectivity index (χ2n) is 4.62. The number of aliphatic hydroxyl groups excluding tert-OH is 1. The van der Waals surface area contributed by atoms with Crippen LogP contribution in [0.5, 0.6) is 0 Å². The Morgan fingerprint density at radius 1 is 1.14 bits per heavy atom. The molecule has 0 aromatic carbocycles. The molecule has 1 saturated carbocycles. The maximum absolute atomic E-state index is 9.53. The molecule has 3 nitrogen and oxygen atoms in total. The van der Waals surface area contributed by atoms with Crippen molar-refractivity contribution >= 4 is 0 Å². The van der Waals surface area contributed by atoms with Crippen LogP contribution in [0.2, 0.25) is 0 Å². The zero-order chi connectivity index (χ0) is 9.80. The highest BCUT2D eigenvalue weighted by Crippen LogP contribution is 2.23. The molecule has 1 heterocycles. The van der Waals surface area contributed by atoms with Gasteiger partial charge < -0.3 is 15.2 Å². The van der Waals surface area contributed by atoms with Crippen LogP contribution in [0.1, 0.15) is 32.1 Å². The van der Waals surface area contributed by atoms with Crippen molar-refractivity contribution in [2.45, 2.75) is 44.2 Å². The summed E-state index contributed by atoms with van der Waals surface area (Å²) in [6, 6.07) is 0.178. The van der Waals surface area contributed by atoms with Gasteiger partial charge in [0.1, 0.15) is 0 Å². The normalized spacial score (nSPS) is 34.9. The molecule has 0 radical (unpaired) electrons. The second-order valence-corrected chi connectivity index (χ2v) is 4.62. The number of rotatable bonds is 3. The van der Waals surface area contributed by atoms with Crippen LogP contribution in [0, 0.1) is 5.92 Å². The standard InChI is InChI=1S/C11H21NO2/c13-11-8-14-7-10(11)12-6-9-4-2-1-3-5-9/h9-13H,1-8H2. The molecule has 0 aromatic heterocycles. The number of ether oxygens (including phenoxy) is 1. The smallest absolute Gasteiger partial charge is 0.0948 e. The van der Waals surface area contributed by atoms with Crippen molar-refractivity contribution in [3.8, 4) is 0 Å². The van der Waals surface area contributed by atoms with E-state index in [-0.39, 0.29) is 12.1 Å². The molecule has 2 aliphatic rings. The van der Waals surface area contributed by atoms with Crippen molar-refractivity contribution in [2.75, 3.05) is 19.8 Å². The van der Waals surface area contributed by atoms with Crippen LogP contribution in [0.3, 0.4) is 0 Å². The van der Waals surface area contributed by atoms with Gasteiger partial charge in [-0.15, -0.1) is 0 Å². The first-order valence-corrected chi connectivity index (χ1v) is 5.85. The first-order chi connectivity index (χ1) is 6.86. The third-order valence-electron chi connectivity index (χ3n) is 3.44. The zero-order valence-electron chi connectivity index (χ0n) is 8.74. The largest absolute Gasteiger partial charge is 0.389 e. The highest BCUT2D eigenvalue weighted by atomic mass is 16.5. The predicted octanol–water partition coefficient (Wildman–Crippen LogP) is 0.916. The summed E-state index contributed by atoms with van der Waals surface area (Å²) < 4.78 is 5.20. The second kappa shape index (κ2) is 5.10. The molecule has 1 aliphatic carbocycles. The van der Waals surface area contributed by atoms with Gasteiger partial charge in [-0.2, -0.15) is 0 Å². The SMILES string of the molecule is OC1COCC1NCC1CCCCC1. The molecule has 0 amide bonds. The van der Waals surface area contributed by atoms with Crippen LogP contribution >= 0.6 is 0 Å². The van der Waals surface area contributed by atoms with Crippen molar-refractivity contribution in [1.82, 2.24) is 5.32 Å². The molecule has 1 aliphatic heterocycles. The Labute approximate surface area is 85.8 Å². The predicted molar refractivity (Wildman–Crippen MR) is 55.2 cm³/mol. The molecule has 0 aromatic rings. The van der Waals surface area contributed by atoms with Gasteiger partial charge >= 0.3 is 0 Å². The van der Waals surface area contributed by atoms with Crippen molar-refractivity contribution in [3.05, 3.63) is 0 Å². The third-order valence-corrected chi connectivity index (χ3v) is 3.44. The van der Waals surface area contributed by atoms with Gasteiger partial charge in [-0.25, -0.2) is 0 Å². The number of hydrogen-bond donors (Lipinski definition) is 2. The summed E-state index contributed by atoms with van der Waals surface area (Å²) in [6.07, 6.45) is 6.60. The molecule has 2 atom stereocenters. The van der Waals surface area contributed by atoms with Gasteiger partial charge in [-0.1, -0.05) is 19.3 Å². The molecule has 2 unspecified atom stereocenters. The van der Waals surface area contributed by atoms with E-state index in [0.717, 1.165) is 12.5 Å². The first kappa shape index (κ1) is 10.4. The average Bonchev–Trinajstić information content (AvgIpc) is 2.63. The van der Waals surface area contributed by atoms with Gasteiger partial charge in [-0.3, -0.25) is 0 Å². The lowest BCUT2D eigenvalue weighted by Gasteiger charge is -2.24. The molecule has 14 heavy (non-hydrogen) atoms. The number of nitrogens with one attached hydrogen (secondary N) is 1. The molecule has 2 N–H and O–H groups in total. The number of hydrogen-bond acceptors (Lipinski definition) is 3. The maximum Gasteiger partial charge on any atom is 0.0948 e.